The number of H-pyrrole nitrogens is 1. The van der Waals surface area contributed by atoms with Crippen LogP contribution in [0.5, 0.6) is 0 Å². The number of aromatic nitrogens is 2. The van der Waals surface area contributed by atoms with E-state index in [2.05, 4.69) is 9.97 Å². The molecule has 0 spiro atoms. The Labute approximate surface area is 156 Å². The van der Waals surface area contributed by atoms with Crippen molar-refractivity contribution in [1.82, 2.24) is 9.97 Å². The van der Waals surface area contributed by atoms with Crippen LogP contribution in [0.3, 0.4) is 0 Å². The van der Waals surface area contributed by atoms with E-state index in [1.54, 1.807) is 24.8 Å². The average molecular weight is 392 g/mol. The van der Waals surface area contributed by atoms with Gasteiger partial charge in [0.25, 0.3) is 5.56 Å². The molecule has 3 rings (SSSR count). The highest BCUT2D eigenvalue weighted by Crippen LogP contribution is 2.28. The molecule has 0 aliphatic heterocycles. The van der Waals surface area contributed by atoms with Crippen molar-refractivity contribution in [3.63, 3.8) is 0 Å². The molecule has 0 radical (unpaired) electrons. The first-order valence-electron chi connectivity index (χ1n) is 7.17. The third kappa shape index (κ3) is 3.49. The molecule has 0 amide bonds. The van der Waals surface area contributed by atoms with Gasteiger partial charge in [0.05, 0.1) is 21.3 Å². The van der Waals surface area contributed by atoms with Gasteiger partial charge in [-0.1, -0.05) is 23.7 Å². The molecule has 2 heterocycles. The summed E-state index contributed by atoms with van der Waals surface area (Å²) in [4.78, 5) is 31.8. The maximum Gasteiger partial charge on any atom is 0.260 e. The van der Waals surface area contributed by atoms with Gasteiger partial charge in [-0.15, -0.1) is 23.1 Å². The SMILES string of the molecule is CSc1ccc(/C=C(\Cl)c2nc3sc(C(=O)[O-])c(C)c3c(=O)[nH]2)cc1. The van der Waals surface area contributed by atoms with E-state index in [9.17, 15) is 14.7 Å². The molecule has 0 saturated heterocycles. The first-order chi connectivity index (χ1) is 11.9. The summed E-state index contributed by atoms with van der Waals surface area (Å²) in [5.74, 6) is -1.13. The number of hydrogen-bond donors (Lipinski definition) is 1. The van der Waals surface area contributed by atoms with Gasteiger partial charge in [0.15, 0.2) is 5.82 Å². The summed E-state index contributed by atoms with van der Waals surface area (Å²) in [5, 5.41) is 11.6. The van der Waals surface area contributed by atoms with Crippen molar-refractivity contribution in [2.45, 2.75) is 11.8 Å². The number of nitrogens with zero attached hydrogens (tertiary/aromatic N) is 1. The number of carboxylic acids is 1. The predicted molar refractivity (Wildman–Crippen MR) is 101 cm³/mol. The number of hydrogen-bond acceptors (Lipinski definition) is 6. The summed E-state index contributed by atoms with van der Waals surface area (Å²) in [6, 6.07) is 7.76. The lowest BCUT2D eigenvalue weighted by atomic mass is 10.2. The van der Waals surface area contributed by atoms with Gasteiger partial charge in [-0.25, -0.2) is 4.98 Å². The van der Waals surface area contributed by atoms with E-state index in [1.165, 1.54) is 0 Å². The zero-order chi connectivity index (χ0) is 18.1. The second-order valence-corrected chi connectivity index (χ2v) is 7.49. The smallest absolute Gasteiger partial charge is 0.260 e. The monoisotopic (exact) mass is 391 g/mol. The Morgan fingerprint density at radius 3 is 2.64 bits per heavy atom. The van der Waals surface area contributed by atoms with Crippen LogP contribution in [-0.4, -0.2) is 22.2 Å². The maximum atomic E-state index is 12.3. The fourth-order valence-electron chi connectivity index (χ4n) is 2.37. The van der Waals surface area contributed by atoms with Crippen LogP contribution in [0.15, 0.2) is 34.0 Å². The number of rotatable bonds is 4. The van der Waals surface area contributed by atoms with E-state index in [0.717, 1.165) is 21.8 Å². The zero-order valence-electron chi connectivity index (χ0n) is 13.3. The Bertz CT molecular complexity index is 1050. The molecule has 1 N–H and O–H groups in total. The lowest BCUT2D eigenvalue weighted by Gasteiger charge is -2.01. The molecule has 1 aromatic carbocycles. The second kappa shape index (κ2) is 7.03. The minimum absolute atomic E-state index is 0.00194. The molecular formula is C17H12ClN2O3S2-. The molecule has 128 valence electrons. The normalized spacial score (nSPS) is 11.9. The standard InChI is InChI=1S/C17H13ClN2O3S2/c1-8-12-15(21)19-14(20-16(12)25-13(8)17(22)23)11(18)7-9-3-5-10(24-2)6-4-9/h3-7H,1-2H3,(H,22,23)(H,19,20,21)/p-1/b11-7-. The zero-order valence-corrected chi connectivity index (χ0v) is 15.6. The van der Waals surface area contributed by atoms with E-state index in [0.29, 0.717) is 10.4 Å². The van der Waals surface area contributed by atoms with Gasteiger partial charge in [0, 0.05) is 4.90 Å². The summed E-state index contributed by atoms with van der Waals surface area (Å²) < 4.78 is 0. The van der Waals surface area contributed by atoms with Crippen molar-refractivity contribution in [1.29, 1.82) is 0 Å². The van der Waals surface area contributed by atoms with Crippen molar-refractivity contribution in [3.05, 3.63) is 56.4 Å². The van der Waals surface area contributed by atoms with Gasteiger partial charge < -0.3 is 14.9 Å². The molecule has 0 atom stereocenters. The third-order valence-electron chi connectivity index (χ3n) is 3.62. The Morgan fingerprint density at radius 2 is 2.04 bits per heavy atom. The molecule has 3 aromatic rings. The van der Waals surface area contributed by atoms with Crippen molar-refractivity contribution in [2.24, 2.45) is 0 Å². The Morgan fingerprint density at radius 1 is 1.36 bits per heavy atom. The quantitative estimate of drug-likeness (QED) is 0.690. The third-order valence-corrected chi connectivity index (χ3v) is 5.82. The number of aryl methyl sites for hydroxylation is 1. The molecule has 0 unspecified atom stereocenters. The number of nitrogens with one attached hydrogen (secondary N) is 1. The van der Waals surface area contributed by atoms with Crippen molar-refractivity contribution >= 4 is 62.0 Å². The number of aromatic amines is 1. The van der Waals surface area contributed by atoms with E-state index in [4.69, 9.17) is 11.6 Å². The Balaban J connectivity index is 2.07. The van der Waals surface area contributed by atoms with Crippen LogP contribution in [0.1, 0.15) is 26.6 Å². The van der Waals surface area contributed by atoms with Gasteiger partial charge in [-0.05, 0) is 42.5 Å². The molecule has 2 aromatic heterocycles. The highest BCUT2D eigenvalue weighted by molar-refractivity contribution is 7.98. The van der Waals surface area contributed by atoms with Crippen LogP contribution in [-0.2, 0) is 0 Å². The molecule has 0 aliphatic rings. The highest BCUT2D eigenvalue weighted by Gasteiger charge is 2.15. The largest absolute Gasteiger partial charge is 0.544 e. The summed E-state index contributed by atoms with van der Waals surface area (Å²) >= 11 is 8.84. The second-order valence-electron chi connectivity index (χ2n) is 5.20. The van der Waals surface area contributed by atoms with Gasteiger partial charge >= 0.3 is 0 Å². The molecule has 5 nitrogen and oxygen atoms in total. The van der Waals surface area contributed by atoms with Gasteiger partial charge in [-0.2, -0.15) is 0 Å². The highest BCUT2D eigenvalue weighted by atomic mass is 35.5. The fraction of sp³-hybridized carbons (Fsp3) is 0.118. The van der Waals surface area contributed by atoms with Crippen LogP contribution >= 0.6 is 34.7 Å². The number of halogens is 1. The summed E-state index contributed by atoms with van der Waals surface area (Å²) in [6.07, 6.45) is 3.68. The van der Waals surface area contributed by atoms with Crippen molar-refractivity contribution in [3.8, 4) is 0 Å². The summed E-state index contributed by atoms with van der Waals surface area (Å²) in [7, 11) is 0. The molecule has 0 aliphatic carbocycles. The number of benzene rings is 1. The minimum atomic E-state index is -1.32. The summed E-state index contributed by atoms with van der Waals surface area (Å²) in [6.45, 7) is 1.56. The number of carbonyl (C=O) groups excluding carboxylic acids is 1. The van der Waals surface area contributed by atoms with Crippen molar-refractivity contribution in [2.75, 3.05) is 6.26 Å². The van der Waals surface area contributed by atoms with Gasteiger partial charge in [0.2, 0.25) is 0 Å². The number of carbonyl (C=O) groups is 1. The molecule has 0 bridgehead atoms. The minimum Gasteiger partial charge on any atom is -0.544 e. The number of thioether (sulfide) groups is 1. The lowest BCUT2D eigenvalue weighted by molar-refractivity contribution is -0.254. The number of thiophene rings is 1. The molecule has 0 saturated carbocycles. The fourth-order valence-corrected chi connectivity index (χ4v) is 4.01. The van der Waals surface area contributed by atoms with Crippen LogP contribution in [0.4, 0.5) is 0 Å². The van der Waals surface area contributed by atoms with E-state index in [1.807, 2.05) is 30.5 Å². The van der Waals surface area contributed by atoms with E-state index >= 15 is 0 Å². The van der Waals surface area contributed by atoms with Crippen LogP contribution < -0.4 is 10.7 Å². The first kappa shape index (κ1) is 17.7. The summed E-state index contributed by atoms with van der Waals surface area (Å²) in [5.41, 5.74) is 0.793. The average Bonchev–Trinajstić information content (AvgIpc) is 2.93. The van der Waals surface area contributed by atoms with Crippen molar-refractivity contribution < 1.29 is 9.90 Å². The van der Waals surface area contributed by atoms with Crippen LogP contribution in [0, 0.1) is 6.92 Å². The molecule has 0 fully saturated rings. The van der Waals surface area contributed by atoms with Crippen LogP contribution in [0.2, 0.25) is 0 Å². The maximum absolute atomic E-state index is 12.3. The molecular weight excluding hydrogens is 380 g/mol. The Kier molecular flexibility index (Phi) is 4.99. The molecule has 25 heavy (non-hydrogen) atoms. The van der Waals surface area contributed by atoms with E-state index < -0.39 is 11.5 Å². The lowest BCUT2D eigenvalue weighted by Crippen LogP contribution is -2.21. The number of aromatic carboxylic acids is 1. The topological polar surface area (TPSA) is 85.9 Å². The molecule has 8 heteroatoms. The van der Waals surface area contributed by atoms with Gasteiger partial charge in [0.1, 0.15) is 4.83 Å². The van der Waals surface area contributed by atoms with Crippen LogP contribution in [0.25, 0.3) is 21.3 Å². The Hall–Kier alpha value is -2.09. The first-order valence-corrected chi connectivity index (χ1v) is 9.59. The number of fused-ring (bicyclic) bond motifs is 1. The predicted octanol–water partition coefficient (Wildman–Crippen LogP) is 3.12. The van der Waals surface area contributed by atoms with Gasteiger partial charge in [-0.3, -0.25) is 4.79 Å². The van der Waals surface area contributed by atoms with E-state index in [-0.39, 0.29) is 21.1 Å². The number of carboxylic acid groups (broad SMARTS) is 1.